The van der Waals surface area contributed by atoms with E-state index in [9.17, 15) is 23.8 Å². The van der Waals surface area contributed by atoms with Crippen LogP contribution in [0.5, 0.6) is 0 Å². The Hall–Kier alpha value is -2.56. The van der Waals surface area contributed by atoms with Gasteiger partial charge in [-0.15, -0.1) is 0 Å². The molecule has 0 aliphatic carbocycles. The molecule has 0 amide bonds. The third kappa shape index (κ3) is 30.8. The van der Waals surface area contributed by atoms with Gasteiger partial charge in [-0.1, -0.05) is 101 Å². The van der Waals surface area contributed by atoms with Gasteiger partial charge in [-0.05, 0) is 64.2 Å². The van der Waals surface area contributed by atoms with Crippen LogP contribution in [0.4, 0.5) is 0 Å². The van der Waals surface area contributed by atoms with Gasteiger partial charge in [0.25, 0.3) is 0 Å². The molecular weight excluding hydrogens is 637 g/mol. The van der Waals surface area contributed by atoms with Crippen LogP contribution < -0.4 is 5.73 Å². The molecule has 4 N–H and O–H groups in total. The predicted octanol–water partition coefficient (Wildman–Crippen LogP) is 8.27. The maximum absolute atomic E-state index is 12.5. The summed E-state index contributed by atoms with van der Waals surface area (Å²) in [5, 5.41) is 8.84. The summed E-state index contributed by atoms with van der Waals surface area (Å²) in [6, 6.07) is -1.53. The summed E-state index contributed by atoms with van der Waals surface area (Å²) in [5.41, 5.74) is 5.30. The van der Waals surface area contributed by atoms with E-state index < -0.39 is 51.1 Å². The third-order valence-electron chi connectivity index (χ3n) is 7.06. The fourth-order valence-corrected chi connectivity index (χ4v) is 5.01. The molecule has 0 aromatic heterocycles. The number of carbonyl (C=O) groups is 3. The minimum absolute atomic E-state index is 0.122. The highest BCUT2D eigenvalue weighted by Crippen LogP contribution is 2.43. The molecule has 0 saturated carbocycles. The number of carboxylic acid groups (broad SMARTS) is 1. The maximum atomic E-state index is 12.5. The lowest BCUT2D eigenvalue weighted by Crippen LogP contribution is -2.34. The zero-order valence-electron chi connectivity index (χ0n) is 29.3. The Balaban J connectivity index is 4.57. The van der Waals surface area contributed by atoms with Gasteiger partial charge in [-0.25, -0.2) is 4.57 Å². The van der Waals surface area contributed by atoms with E-state index in [4.69, 9.17) is 24.8 Å². The lowest BCUT2D eigenvalue weighted by molar-refractivity contribution is -0.161. The molecule has 11 nitrogen and oxygen atoms in total. The summed E-state index contributed by atoms with van der Waals surface area (Å²) in [5.74, 6) is -2.44. The van der Waals surface area contributed by atoms with Gasteiger partial charge in [0.1, 0.15) is 12.6 Å². The van der Waals surface area contributed by atoms with Gasteiger partial charge in [0.05, 0.1) is 13.2 Å². The fraction of sp³-hybridized carbons (Fsp3) is 0.694. The van der Waals surface area contributed by atoms with Crippen molar-refractivity contribution in [1.82, 2.24) is 0 Å². The van der Waals surface area contributed by atoms with Crippen molar-refractivity contribution in [2.24, 2.45) is 5.73 Å². The summed E-state index contributed by atoms with van der Waals surface area (Å²) in [7, 11) is -4.72. The Morgan fingerprint density at radius 2 is 1.17 bits per heavy atom. The number of unbranched alkanes of at least 4 members (excludes halogenated alkanes) is 10. The SMILES string of the molecule is CC/C=C\C/C=C\C/C=C\CCCCCC(=O)OC(COC(=O)CCCCCCC/C=C\CCCC)COP(=O)(O)OCC(N)C(=O)O. The van der Waals surface area contributed by atoms with E-state index >= 15 is 0 Å². The van der Waals surface area contributed by atoms with Gasteiger partial charge < -0.3 is 25.2 Å². The van der Waals surface area contributed by atoms with Crippen molar-refractivity contribution in [2.75, 3.05) is 19.8 Å². The first-order valence-electron chi connectivity index (χ1n) is 17.7. The molecule has 0 bridgehead atoms. The Bertz CT molecular complexity index is 1010. The minimum atomic E-state index is -4.72. The Morgan fingerprint density at radius 1 is 0.667 bits per heavy atom. The third-order valence-corrected chi connectivity index (χ3v) is 8.01. The average molecular weight is 700 g/mol. The molecule has 12 heteroatoms. The van der Waals surface area contributed by atoms with Crippen molar-refractivity contribution in [3.63, 3.8) is 0 Å². The number of esters is 2. The Morgan fingerprint density at radius 3 is 1.79 bits per heavy atom. The Labute approximate surface area is 288 Å². The number of phosphoric acid groups is 1. The number of nitrogens with two attached hydrogens (primary N) is 1. The van der Waals surface area contributed by atoms with Gasteiger partial charge in [-0.3, -0.25) is 23.4 Å². The second-order valence-corrected chi connectivity index (χ2v) is 13.1. The minimum Gasteiger partial charge on any atom is -0.480 e. The number of hydrogen-bond donors (Lipinski definition) is 3. The van der Waals surface area contributed by atoms with Gasteiger partial charge in [0.2, 0.25) is 0 Å². The van der Waals surface area contributed by atoms with E-state index in [1.54, 1.807) is 0 Å². The normalized spacial score (nSPS) is 14.6. The molecule has 0 radical (unpaired) electrons. The van der Waals surface area contributed by atoms with Gasteiger partial charge in [-0.2, -0.15) is 0 Å². The van der Waals surface area contributed by atoms with Crippen molar-refractivity contribution >= 4 is 25.7 Å². The van der Waals surface area contributed by atoms with E-state index in [1.807, 2.05) is 0 Å². The predicted molar refractivity (Wildman–Crippen MR) is 189 cm³/mol. The second-order valence-electron chi connectivity index (χ2n) is 11.6. The highest BCUT2D eigenvalue weighted by molar-refractivity contribution is 7.47. The molecule has 0 aliphatic heterocycles. The fourth-order valence-electron chi connectivity index (χ4n) is 4.23. The highest BCUT2D eigenvalue weighted by Gasteiger charge is 2.28. The van der Waals surface area contributed by atoms with E-state index in [0.717, 1.165) is 77.0 Å². The number of rotatable bonds is 32. The number of aliphatic carboxylic acids is 1. The van der Waals surface area contributed by atoms with Crippen LogP contribution in [-0.4, -0.2) is 59.9 Å². The van der Waals surface area contributed by atoms with Crippen molar-refractivity contribution in [3.05, 3.63) is 48.6 Å². The summed E-state index contributed by atoms with van der Waals surface area (Å²) < 4.78 is 32.4. The zero-order valence-corrected chi connectivity index (χ0v) is 30.2. The number of ether oxygens (including phenoxy) is 2. The smallest absolute Gasteiger partial charge is 0.472 e. The topological polar surface area (TPSA) is 172 Å². The average Bonchev–Trinajstić information content (AvgIpc) is 3.05. The van der Waals surface area contributed by atoms with Crippen LogP contribution in [0.2, 0.25) is 0 Å². The van der Waals surface area contributed by atoms with Crippen LogP contribution in [-0.2, 0) is 37.5 Å². The molecule has 48 heavy (non-hydrogen) atoms. The molecule has 0 aliphatic rings. The number of hydrogen-bond acceptors (Lipinski definition) is 9. The summed E-state index contributed by atoms with van der Waals surface area (Å²) in [4.78, 5) is 45.6. The molecule has 3 atom stereocenters. The molecule has 0 fully saturated rings. The monoisotopic (exact) mass is 699 g/mol. The first kappa shape index (κ1) is 45.4. The molecule has 0 spiro atoms. The maximum Gasteiger partial charge on any atom is 0.472 e. The first-order chi connectivity index (χ1) is 23.1. The molecular formula is C36H62NO10P. The highest BCUT2D eigenvalue weighted by atomic mass is 31.2. The standard InChI is InChI=1S/C36H62NO10P/c1-3-5-7-9-11-13-15-16-18-20-22-24-26-28-35(39)47-32(30-45-48(42,43)46-31-33(37)36(40)41)29-44-34(38)27-25-23-21-19-17-14-12-10-8-6-4-2/h5,7,10-13,16,18,32-33H,3-4,6,8-9,14-15,17,19-31,37H2,1-2H3,(H,40,41)(H,42,43)/b7-5-,12-10-,13-11-,18-16-. The van der Waals surface area contributed by atoms with E-state index in [0.29, 0.717) is 12.8 Å². The number of allylic oxidation sites excluding steroid dienone is 8. The van der Waals surface area contributed by atoms with Crippen molar-refractivity contribution < 1.29 is 47.5 Å². The van der Waals surface area contributed by atoms with Crippen LogP contribution in [0, 0.1) is 0 Å². The van der Waals surface area contributed by atoms with E-state index in [1.165, 1.54) is 12.8 Å². The Kier molecular flexibility index (Phi) is 30.0. The quantitative estimate of drug-likeness (QED) is 0.0267. The van der Waals surface area contributed by atoms with Crippen LogP contribution in [0.1, 0.15) is 129 Å². The van der Waals surface area contributed by atoms with Crippen LogP contribution in [0.3, 0.4) is 0 Å². The van der Waals surface area contributed by atoms with Gasteiger partial charge >= 0.3 is 25.7 Å². The molecule has 0 saturated heterocycles. The van der Waals surface area contributed by atoms with Crippen molar-refractivity contribution in [2.45, 2.75) is 142 Å². The lowest BCUT2D eigenvalue weighted by Gasteiger charge is -2.20. The van der Waals surface area contributed by atoms with Gasteiger partial charge in [0, 0.05) is 12.8 Å². The van der Waals surface area contributed by atoms with Crippen LogP contribution in [0.15, 0.2) is 48.6 Å². The van der Waals surface area contributed by atoms with E-state index in [-0.39, 0.29) is 19.4 Å². The summed E-state index contributed by atoms with van der Waals surface area (Å²) in [6.45, 7) is 2.56. The number of carboxylic acids is 1. The van der Waals surface area contributed by atoms with Crippen molar-refractivity contribution in [3.8, 4) is 0 Å². The summed E-state index contributed by atoms with van der Waals surface area (Å²) in [6.07, 6.45) is 32.0. The molecule has 3 unspecified atom stereocenters. The molecule has 276 valence electrons. The molecule has 0 aromatic rings. The van der Waals surface area contributed by atoms with Crippen LogP contribution in [0.25, 0.3) is 0 Å². The van der Waals surface area contributed by atoms with Gasteiger partial charge in [0.15, 0.2) is 6.10 Å². The van der Waals surface area contributed by atoms with E-state index in [2.05, 4.69) is 67.0 Å². The number of carbonyl (C=O) groups excluding carboxylic acids is 2. The van der Waals surface area contributed by atoms with Crippen molar-refractivity contribution in [1.29, 1.82) is 0 Å². The molecule has 0 aromatic carbocycles. The molecule has 0 rings (SSSR count). The first-order valence-corrected chi connectivity index (χ1v) is 19.2. The lowest BCUT2D eigenvalue weighted by atomic mass is 10.1. The zero-order chi connectivity index (χ0) is 35.7. The molecule has 0 heterocycles. The largest absolute Gasteiger partial charge is 0.480 e. The second kappa shape index (κ2) is 31.7. The van der Waals surface area contributed by atoms with Crippen LogP contribution >= 0.6 is 7.82 Å². The number of phosphoric ester groups is 1. The summed E-state index contributed by atoms with van der Waals surface area (Å²) >= 11 is 0.